The largest absolute Gasteiger partial charge is 0.362 e. The Hall–Kier alpha value is -2.02. The lowest BCUT2D eigenvalue weighted by molar-refractivity contribution is -0.384. The van der Waals surface area contributed by atoms with Gasteiger partial charge in [0.15, 0.2) is 0 Å². The van der Waals surface area contributed by atoms with E-state index in [-0.39, 0.29) is 11.3 Å². The van der Waals surface area contributed by atoms with Crippen LogP contribution in [0.15, 0.2) is 54.6 Å². The van der Waals surface area contributed by atoms with E-state index in [0.717, 1.165) is 6.07 Å². The number of benzene rings is 2. The van der Waals surface area contributed by atoms with Crippen LogP contribution in [0.4, 0.5) is 11.4 Å². The normalized spacial score (nSPS) is 12.3. The number of rotatable bonds is 5. The summed E-state index contributed by atoms with van der Waals surface area (Å²) in [6.45, 7) is 0. The number of anilines is 1. The Morgan fingerprint density at radius 3 is 2.33 bits per heavy atom. The van der Waals surface area contributed by atoms with Crippen molar-refractivity contribution in [3.8, 4) is 0 Å². The minimum absolute atomic E-state index is 0.0818. The molecule has 2 aromatic rings. The van der Waals surface area contributed by atoms with Crippen molar-refractivity contribution in [3.63, 3.8) is 0 Å². The Morgan fingerprint density at radius 1 is 1.08 bits per heavy atom. The van der Waals surface area contributed by atoms with Gasteiger partial charge in [-0.05, 0) is 18.2 Å². The third kappa shape index (κ3) is 4.99. The van der Waals surface area contributed by atoms with Crippen LogP contribution in [0.2, 0.25) is 0 Å². The molecular formula is C15H12Cl3N3O3. The molecule has 6 nitrogen and oxygen atoms in total. The molecule has 24 heavy (non-hydrogen) atoms. The van der Waals surface area contributed by atoms with Crippen LogP contribution in [0, 0.1) is 10.1 Å². The molecule has 0 radical (unpaired) electrons. The van der Waals surface area contributed by atoms with Gasteiger partial charge in [0.25, 0.3) is 11.6 Å². The maximum Gasteiger partial charge on any atom is 0.270 e. The summed E-state index contributed by atoms with van der Waals surface area (Å²) >= 11 is 17.7. The fourth-order valence-electron chi connectivity index (χ4n) is 1.88. The van der Waals surface area contributed by atoms with Crippen molar-refractivity contribution in [1.82, 2.24) is 5.32 Å². The van der Waals surface area contributed by atoms with Crippen molar-refractivity contribution in [1.29, 1.82) is 0 Å². The molecule has 0 heterocycles. The number of nitrogens with zero attached hydrogens (tertiary/aromatic N) is 1. The maximum absolute atomic E-state index is 12.3. The number of hydrogen-bond donors (Lipinski definition) is 2. The van der Waals surface area contributed by atoms with Crippen LogP contribution in [-0.2, 0) is 0 Å². The zero-order valence-corrected chi connectivity index (χ0v) is 14.3. The van der Waals surface area contributed by atoms with E-state index in [1.165, 1.54) is 18.2 Å². The minimum atomic E-state index is -1.84. The number of carbonyl (C=O) groups excluding carboxylic acids is 1. The molecule has 0 aliphatic rings. The number of non-ortho nitro benzene ring substituents is 1. The van der Waals surface area contributed by atoms with E-state index >= 15 is 0 Å². The van der Waals surface area contributed by atoms with E-state index in [2.05, 4.69) is 10.6 Å². The summed E-state index contributed by atoms with van der Waals surface area (Å²) in [5.41, 5.74) is 0.510. The second-order valence-corrected chi connectivity index (χ2v) is 7.13. The molecular weight excluding hydrogens is 377 g/mol. The predicted octanol–water partition coefficient (Wildman–Crippen LogP) is 4.13. The number of carbonyl (C=O) groups is 1. The van der Waals surface area contributed by atoms with Crippen molar-refractivity contribution in [2.75, 3.05) is 5.32 Å². The van der Waals surface area contributed by atoms with Crippen molar-refractivity contribution >= 4 is 52.1 Å². The quantitative estimate of drug-likeness (QED) is 0.349. The lowest BCUT2D eigenvalue weighted by atomic mass is 10.2. The predicted molar refractivity (Wildman–Crippen MR) is 94.7 cm³/mol. The van der Waals surface area contributed by atoms with E-state index in [1.54, 1.807) is 24.3 Å². The molecule has 2 aromatic carbocycles. The molecule has 1 atom stereocenters. The number of nitro groups is 1. The van der Waals surface area contributed by atoms with Gasteiger partial charge in [-0.2, -0.15) is 0 Å². The molecule has 0 aliphatic heterocycles. The van der Waals surface area contributed by atoms with Crippen LogP contribution < -0.4 is 10.6 Å². The zero-order chi connectivity index (χ0) is 17.7. The highest BCUT2D eigenvalue weighted by atomic mass is 35.6. The van der Waals surface area contributed by atoms with Gasteiger partial charge in [-0.25, -0.2) is 0 Å². The molecule has 2 N–H and O–H groups in total. The number of alkyl halides is 3. The lowest BCUT2D eigenvalue weighted by Crippen LogP contribution is -2.49. The number of amides is 1. The number of nitro benzene ring substituents is 1. The van der Waals surface area contributed by atoms with Crippen LogP contribution in [-0.4, -0.2) is 20.8 Å². The fourth-order valence-corrected chi connectivity index (χ4v) is 2.20. The molecule has 0 saturated carbocycles. The smallest absolute Gasteiger partial charge is 0.270 e. The average molecular weight is 389 g/mol. The van der Waals surface area contributed by atoms with Gasteiger partial charge in [0.2, 0.25) is 3.79 Å². The minimum Gasteiger partial charge on any atom is -0.362 e. The third-order valence-corrected chi connectivity index (χ3v) is 3.66. The van der Waals surface area contributed by atoms with Crippen molar-refractivity contribution in [3.05, 3.63) is 70.3 Å². The average Bonchev–Trinajstić information content (AvgIpc) is 2.54. The second kappa shape index (κ2) is 7.70. The molecule has 9 heteroatoms. The summed E-state index contributed by atoms with van der Waals surface area (Å²) in [6.07, 6.45) is -1.04. The first kappa shape index (κ1) is 18.3. The monoisotopic (exact) mass is 387 g/mol. The summed E-state index contributed by atoms with van der Waals surface area (Å²) in [5.74, 6) is -0.613. The zero-order valence-electron chi connectivity index (χ0n) is 12.1. The van der Waals surface area contributed by atoms with E-state index in [0.29, 0.717) is 5.69 Å². The Labute approximate surface area is 152 Å². The van der Waals surface area contributed by atoms with E-state index in [1.807, 2.05) is 6.07 Å². The second-order valence-electron chi connectivity index (χ2n) is 4.77. The first-order valence-electron chi connectivity index (χ1n) is 6.71. The van der Waals surface area contributed by atoms with Gasteiger partial charge in [0.1, 0.15) is 6.17 Å². The third-order valence-electron chi connectivity index (χ3n) is 3.01. The molecule has 126 valence electrons. The van der Waals surface area contributed by atoms with Gasteiger partial charge in [-0.1, -0.05) is 59.1 Å². The molecule has 2 rings (SSSR count). The number of nitrogens with one attached hydrogen (secondary N) is 2. The standard InChI is InChI=1S/C15H12Cl3N3O3/c16-15(17,18)14(19-11-6-2-1-3-7-11)20-13(22)10-5-4-8-12(9-10)21(23)24/h1-9,14,19H,(H,20,22)/t14-/m1/s1. The summed E-state index contributed by atoms with van der Waals surface area (Å²) in [4.78, 5) is 22.5. The summed E-state index contributed by atoms with van der Waals surface area (Å²) in [7, 11) is 0. The van der Waals surface area contributed by atoms with Crippen LogP contribution in [0.5, 0.6) is 0 Å². The summed E-state index contributed by atoms with van der Waals surface area (Å²) in [5, 5.41) is 16.2. The van der Waals surface area contributed by atoms with Crippen LogP contribution in [0.25, 0.3) is 0 Å². The highest BCUT2D eigenvalue weighted by molar-refractivity contribution is 6.68. The van der Waals surface area contributed by atoms with Crippen LogP contribution in [0.3, 0.4) is 0 Å². The Morgan fingerprint density at radius 2 is 1.75 bits per heavy atom. The van der Waals surface area contributed by atoms with E-state index in [4.69, 9.17) is 34.8 Å². The Kier molecular flexibility index (Phi) is 5.88. The molecule has 1 amide bonds. The van der Waals surface area contributed by atoms with Gasteiger partial charge in [-0.15, -0.1) is 0 Å². The van der Waals surface area contributed by atoms with Crippen LogP contribution in [0.1, 0.15) is 10.4 Å². The van der Waals surface area contributed by atoms with E-state index < -0.39 is 20.8 Å². The van der Waals surface area contributed by atoms with Crippen molar-refractivity contribution in [2.24, 2.45) is 0 Å². The van der Waals surface area contributed by atoms with Crippen molar-refractivity contribution in [2.45, 2.75) is 9.96 Å². The number of para-hydroxylation sites is 1. The Balaban J connectivity index is 2.18. The highest BCUT2D eigenvalue weighted by Gasteiger charge is 2.34. The van der Waals surface area contributed by atoms with Gasteiger partial charge in [0, 0.05) is 23.4 Å². The molecule has 0 saturated heterocycles. The highest BCUT2D eigenvalue weighted by Crippen LogP contribution is 2.31. The molecule has 0 spiro atoms. The molecule has 0 aliphatic carbocycles. The molecule has 0 unspecified atom stereocenters. The summed E-state index contributed by atoms with van der Waals surface area (Å²) in [6, 6.07) is 14.1. The van der Waals surface area contributed by atoms with Gasteiger partial charge in [-0.3, -0.25) is 14.9 Å². The van der Waals surface area contributed by atoms with E-state index in [9.17, 15) is 14.9 Å². The topological polar surface area (TPSA) is 84.3 Å². The van der Waals surface area contributed by atoms with Gasteiger partial charge in [0.05, 0.1) is 4.92 Å². The first-order chi connectivity index (χ1) is 11.3. The SMILES string of the molecule is O=C(N[C@@H](Nc1ccccc1)C(Cl)(Cl)Cl)c1cccc([N+](=O)[O-])c1. The fraction of sp³-hybridized carbons (Fsp3) is 0.133. The molecule has 0 fully saturated rings. The summed E-state index contributed by atoms with van der Waals surface area (Å²) < 4.78 is -1.84. The number of halogens is 3. The van der Waals surface area contributed by atoms with Crippen LogP contribution >= 0.6 is 34.8 Å². The van der Waals surface area contributed by atoms with Gasteiger partial charge < -0.3 is 10.6 Å². The lowest BCUT2D eigenvalue weighted by Gasteiger charge is -2.27. The first-order valence-corrected chi connectivity index (χ1v) is 7.84. The van der Waals surface area contributed by atoms with Crippen molar-refractivity contribution < 1.29 is 9.72 Å². The molecule has 0 aromatic heterocycles. The van der Waals surface area contributed by atoms with Gasteiger partial charge >= 0.3 is 0 Å². The Bertz CT molecular complexity index is 735. The number of hydrogen-bond acceptors (Lipinski definition) is 4. The maximum atomic E-state index is 12.3. The molecule has 0 bridgehead atoms.